The Bertz CT molecular complexity index is 684. The van der Waals surface area contributed by atoms with Crippen LogP contribution in [-0.2, 0) is 10.4 Å². The Hall–Kier alpha value is -1.86. The fraction of sp³-hybridized carbons (Fsp3) is 0. The van der Waals surface area contributed by atoms with Crippen LogP contribution in [0.5, 0.6) is 5.75 Å². The van der Waals surface area contributed by atoms with Crippen LogP contribution >= 0.6 is 0 Å². The third-order valence-corrected chi connectivity index (χ3v) is 2.19. The highest BCUT2D eigenvalue weighted by Crippen LogP contribution is 2.17. The van der Waals surface area contributed by atoms with Gasteiger partial charge in [0.2, 0.25) is 5.75 Å². The molecule has 0 saturated carbocycles. The lowest BCUT2D eigenvalue weighted by molar-refractivity contribution is 0.376. The van der Waals surface area contributed by atoms with Crippen molar-refractivity contribution in [1.29, 1.82) is 0 Å². The van der Waals surface area contributed by atoms with Gasteiger partial charge in [0.05, 0.1) is 0 Å². The molecule has 0 unspecified atom stereocenters. The molecule has 0 aliphatic heterocycles. The van der Waals surface area contributed by atoms with Gasteiger partial charge in [0.25, 0.3) is 0 Å². The number of hydrogen-bond donors (Lipinski definition) is 1. The lowest BCUT2D eigenvalue weighted by Gasteiger charge is -2.00. The van der Waals surface area contributed by atoms with Crippen molar-refractivity contribution in [3.8, 4) is 5.75 Å². The molecule has 0 aliphatic carbocycles. The summed E-state index contributed by atoms with van der Waals surface area (Å²) in [7, 11) is -4.73. The summed E-state index contributed by atoms with van der Waals surface area (Å²) < 4.78 is 38.2. The average Bonchev–Trinajstić information content (AvgIpc) is 2.17. The Labute approximate surface area is 90.0 Å². The van der Waals surface area contributed by atoms with Crippen LogP contribution in [0, 0.1) is 0 Å². The highest BCUT2D eigenvalue weighted by Gasteiger charge is 2.13. The molecule has 1 aromatic carbocycles. The molecule has 0 aliphatic rings. The van der Waals surface area contributed by atoms with Gasteiger partial charge >= 0.3 is 16.0 Å². The Kier molecular flexibility index (Phi) is 2.41. The van der Waals surface area contributed by atoms with Crippen LogP contribution in [-0.4, -0.2) is 13.0 Å². The first kappa shape index (κ1) is 10.7. The van der Waals surface area contributed by atoms with Crippen LogP contribution in [0.2, 0.25) is 0 Å². The van der Waals surface area contributed by atoms with Crippen molar-refractivity contribution in [3.05, 3.63) is 40.8 Å². The molecule has 0 atom stereocenters. The van der Waals surface area contributed by atoms with Gasteiger partial charge < -0.3 is 8.60 Å². The Morgan fingerprint density at radius 2 is 1.94 bits per heavy atom. The maximum atomic E-state index is 11.2. The van der Waals surface area contributed by atoms with E-state index < -0.39 is 21.8 Å². The third kappa shape index (κ3) is 2.20. The van der Waals surface area contributed by atoms with Crippen molar-refractivity contribution in [2.45, 2.75) is 0 Å². The highest BCUT2D eigenvalue weighted by atomic mass is 32.3. The minimum Gasteiger partial charge on any atom is -0.420 e. The van der Waals surface area contributed by atoms with E-state index in [4.69, 9.17) is 8.97 Å². The first-order chi connectivity index (χ1) is 7.46. The summed E-state index contributed by atoms with van der Waals surface area (Å²) in [5.41, 5.74) is -0.675. The molecule has 0 fully saturated rings. The molecule has 7 heteroatoms. The number of benzene rings is 1. The number of fused-ring (bicyclic) bond motifs is 1. The first-order valence-electron chi connectivity index (χ1n) is 4.15. The van der Waals surface area contributed by atoms with Gasteiger partial charge in [0.15, 0.2) is 0 Å². The summed E-state index contributed by atoms with van der Waals surface area (Å²) in [6.07, 6.45) is 0. The quantitative estimate of drug-likeness (QED) is 0.623. The van der Waals surface area contributed by atoms with Gasteiger partial charge in [-0.15, -0.1) is 0 Å². The molecule has 0 radical (unpaired) electrons. The average molecular weight is 242 g/mol. The van der Waals surface area contributed by atoms with Gasteiger partial charge in [-0.05, 0) is 6.07 Å². The molecule has 0 amide bonds. The van der Waals surface area contributed by atoms with Gasteiger partial charge in [-0.1, -0.05) is 18.2 Å². The van der Waals surface area contributed by atoms with E-state index in [0.29, 0.717) is 11.0 Å². The van der Waals surface area contributed by atoms with E-state index >= 15 is 0 Å². The monoisotopic (exact) mass is 242 g/mol. The van der Waals surface area contributed by atoms with E-state index in [2.05, 4.69) is 4.18 Å². The molecule has 0 spiro atoms. The van der Waals surface area contributed by atoms with E-state index in [1.54, 1.807) is 24.3 Å². The predicted molar refractivity (Wildman–Crippen MR) is 54.7 cm³/mol. The SMILES string of the molecule is O=c1oc2ccccc2cc1OS(=O)(=O)O. The Morgan fingerprint density at radius 1 is 1.25 bits per heavy atom. The summed E-state index contributed by atoms with van der Waals surface area (Å²) in [6, 6.07) is 7.67. The van der Waals surface area contributed by atoms with Crippen molar-refractivity contribution in [3.63, 3.8) is 0 Å². The summed E-state index contributed by atoms with van der Waals surface area (Å²) in [5.74, 6) is -0.582. The zero-order chi connectivity index (χ0) is 11.8. The minimum absolute atomic E-state index is 0.301. The summed E-state index contributed by atoms with van der Waals surface area (Å²) in [4.78, 5) is 11.2. The van der Waals surface area contributed by atoms with Crippen molar-refractivity contribution in [2.24, 2.45) is 0 Å². The fourth-order valence-corrected chi connectivity index (χ4v) is 1.56. The van der Waals surface area contributed by atoms with E-state index in [9.17, 15) is 13.2 Å². The van der Waals surface area contributed by atoms with Gasteiger partial charge in [0.1, 0.15) is 5.58 Å². The van der Waals surface area contributed by atoms with Gasteiger partial charge in [0, 0.05) is 11.5 Å². The van der Waals surface area contributed by atoms with Gasteiger partial charge in [-0.3, -0.25) is 4.55 Å². The van der Waals surface area contributed by atoms with Crippen LogP contribution in [0.1, 0.15) is 0 Å². The zero-order valence-electron chi connectivity index (χ0n) is 7.78. The largest absolute Gasteiger partial charge is 0.446 e. The topological polar surface area (TPSA) is 93.8 Å². The van der Waals surface area contributed by atoms with Crippen LogP contribution in [0.4, 0.5) is 0 Å². The molecule has 1 aromatic heterocycles. The van der Waals surface area contributed by atoms with Crippen molar-refractivity contribution < 1.29 is 21.6 Å². The van der Waals surface area contributed by atoms with E-state index in [-0.39, 0.29) is 0 Å². The molecule has 84 valence electrons. The van der Waals surface area contributed by atoms with Crippen LogP contribution < -0.4 is 9.81 Å². The van der Waals surface area contributed by atoms with Gasteiger partial charge in [-0.2, -0.15) is 8.42 Å². The van der Waals surface area contributed by atoms with Crippen LogP contribution in [0.25, 0.3) is 11.0 Å². The highest BCUT2D eigenvalue weighted by molar-refractivity contribution is 7.81. The Morgan fingerprint density at radius 3 is 2.62 bits per heavy atom. The molecule has 0 saturated heterocycles. The standard InChI is InChI=1S/C9H6O6S/c10-9-8(15-16(11,12)13)5-6-3-1-2-4-7(6)14-9/h1-5H,(H,11,12,13). The lowest BCUT2D eigenvalue weighted by Crippen LogP contribution is -2.13. The maximum absolute atomic E-state index is 11.2. The summed E-state index contributed by atoms with van der Waals surface area (Å²) >= 11 is 0. The molecule has 2 aromatic rings. The van der Waals surface area contributed by atoms with Crippen LogP contribution in [0.15, 0.2) is 39.5 Å². The fourth-order valence-electron chi connectivity index (χ4n) is 1.21. The molecule has 0 bridgehead atoms. The number of para-hydroxylation sites is 1. The van der Waals surface area contributed by atoms with Gasteiger partial charge in [-0.25, -0.2) is 4.79 Å². The first-order valence-corrected chi connectivity index (χ1v) is 5.52. The maximum Gasteiger partial charge on any atom is 0.446 e. The Balaban J connectivity index is 2.63. The molecule has 1 heterocycles. The molecule has 1 N–H and O–H groups in total. The van der Waals surface area contributed by atoms with Crippen LogP contribution in [0.3, 0.4) is 0 Å². The molecular formula is C9H6O6S. The zero-order valence-corrected chi connectivity index (χ0v) is 8.60. The second-order valence-corrected chi connectivity index (χ2v) is 3.97. The predicted octanol–water partition coefficient (Wildman–Crippen LogP) is 0.975. The summed E-state index contributed by atoms with van der Waals surface area (Å²) in [5, 5.41) is 0.487. The second kappa shape index (κ2) is 3.62. The van der Waals surface area contributed by atoms with Crippen molar-refractivity contribution in [1.82, 2.24) is 0 Å². The molecule has 6 nitrogen and oxygen atoms in total. The molecular weight excluding hydrogens is 236 g/mol. The van der Waals surface area contributed by atoms with Crippen molar-refractivity contribution >= 4 is 21.4 Å². The smallest absolute Gasteiger partial charge is 0.420 e. The summed E-state index contributed by atoms with van der Waals surface area (Å²) in [6.45, 7) is 0. The van der Waals surface area contributed by atoms with E-state index in [1.807, 2.05) is 0 Å². The minimum atomic E-state index is -4.73. The number of rotatable bonds is 2. The normalized spacial score (nSPS) is 11.6. The van der Waals surface area contributed by atoms with Crippen molar-refractivity contribution in [2.75, 3.05) is 0 Å². The molecule has 2 rings (SSSR count). The lowest BCUT2D eigenvalue weighted by atomic mass is 10.2. The number of hydrogen-bond acceptors (Lipinski definition) is 5. The van der Waals surface area contributed by atoms with E-state index in [0.717, 1.165) is 0 Å². The molecule has 16 heavy (non-hydrogen) atoms. The third-order valence-electron chi connectivity index (χ3n) is 1.80. The van der Waals surface area contributed by atoms with E-state index in [1.165, 1.54) is 6.07 Å². The second-order valence-electron chi connectivity index (χ2n) is 2.95.